The molecule has 1 aromatic rings. The van der Waals surface area contributed by atoms with E-state index in [-0.39, 0.29) is 5.97 Å². The minimum absolute atomic E-state index is 0.247. The predicted molar refractivity (Wildman–Crippen MR) is 73.7 cm³/mol. The summed E-state index contributed by atoms with van der Waals surface area (Å²) >= 11 is 0. The number of carbonyl (C=O) groups is 1. The second kappa shape index (κ2) is 7.17. The molecule has 0 amide bonds. The number of rotatable bonds is 6. The Morgan fingerprint density at radius 3 is 2.17 bits per heavy atom. The molecule has 0 aliphatic heterocycles. The highest BCUT2D eigenvalue weighted by molar-refractivity contribution is 5.89. The highest BCUT2D eigenvalue weighted by atomic mass is 16.5. The Hall–Kier alpha value is -1.35. The van der Waals surface area contributed by atoms with Crippen LogP contribution in [0.15, 0.2) is 30.3 Å². The van der Waals surface area contributed by atoms with Gasteiger partial charge in [0.1, 0.15) is 6.61 Å². The monoisotopic (exact) mass is 249 g/mol. The van der Waals surface area contributed by atoms with Crippen molar-refractivity contribution in [2.45, 2.75) is 39.8 Å². The lowest BCUT2D eigenvalue weighted by atomic mass is 10.2. The van der Waals surface area contributed by atoms with Gasteiger partial charge in [0.2, 0.25) is 0 Å². The molecule has 0 bridgehead atoms. The van der Waals surface area contributed by atoms with Gasteiger partial charge in [-0.05, 0) is 39.8 Å². The Kier molecular flexibility index (Phi) is 5.86. The Balaban J connectivity index is 2.40. The van der Waals surface area contributed by atoms with Crippen LogP contribution >= 0.6 is 0 Å². The van der Waals surface area contributed by atoms with Gasteiger partial charge in [0, 0.05) is 18.6 Å². The topological polar surface area (TPSA) is 29.5 Å². The summed E-state index contributed by atoms with van der Waals surface area (Å²) < 4.78 is 5.28. The van der Waals surface area contributed by atoms with Crippen molar-refractivity contribution < 1.29 is 9.53 Å². The molecule has 0 saturated carbocycles. The van der Waals surface area contributed by atoms with Crippen molar-refractivity contribution in [3.05, 3.63) is 35.9 Å². The molecule has 1 rings (SSSR count). The van der Waals surface area contributed by atoms with Crippen LogP contribution in [0.1, 0.15) is 38.1 Å². The van der Waals surface area contributed by atoms with E-state index < -0.39 is 0 Å². The zero-order chi connectivity index (χ0) is 13.5. The van der Waals surface area contributed by atoms with E-state index in [0.717, 1.165) is 6.54 Å². The molecule has 0 spiro atoms. The lowest BCUT2D eigenvalue weighted by molar-refractivity contribution is 0.0417. The maximum absolute atomic E-state index is 11.7. The summed E-state index contributed by atoms with van der Waals surface area (Å²) in [5.74, 6) is -0.247. The van der Waals surface area contributed by atoms with Crippen LogP contribution in [0.2, 0.25) is 0 Å². The lowest BCUT2D eigenvalue weighted by Gasteiger charge is -2.30. The average molecular weight is 249 g/mol. The molecule has 100 valence electrons. The summed E-state index contributed by atoms with van der Waals surface area (Å²) in [4.78, 5) is 14.0. The van der Waals surface area contributed by atoms with Crippen molar-refractivity contribution in [3.63, 3.8) is 0 Å². The van der Waals surface area contributed by atoms with E-state index in [1.54, 1.807) is 12.1 Å². The maximum atomic E-state index is 11.7. The summed E-state index contributed by atoms with van der Waals surface area (Å²) in [5.41, 5.74) is 0.609. The van der Waals surface area contributed by atoms with Crippen molar-refractivity contribution in [1.82, 2.24) is 4.90 Å². The lowest BCUT2D eigenvalue weighted by Crippen LogP contribution is -2.39. The van der Waals surface area contributed by atoms with Gasteiger partial charge in [-0.2, -0.15) is 0 Å². The minimum atomic E-state index is -0.247. The third kappa shape index (κ3) is 4.49. The van der Waals surface area contributed by atoms with Crippen LogP contribution in [0, 0.1) is 0 Å². The Bertz CT molecular complexity index is 352. The largest absolute Gasteiger partial charge is 0.461 e. The number of esters is 1. The molecule has 0 aliphatic carbocycles. The smallest absolute Gasteiger partial charge is 0.338 e. The fourth-order valence-corrected chi connectivity index (χ4v) is 2.01. The number of hydrogen-bond donors (Lipinski definition) is 0. The van der Waals surface area contributed by atoms with Gasteiger partial charge in [0.05, 0.1) is 5.56 Å². The number of ether oxygens (including phenoxy) is 1. The highest BCUT2D eigenvalue weighted by Crippen LogP contribution is 2.05. The van der Waals surface area contributed by atoms with Gasteiger partial charge in [-0.25, -0.2) is 4.79 Å². The number of benzene rings is 1. The molecular weight excluding hydrogens is 226 g/mol. The number of hydrogen-bond acceptors (Lipinski definition) is 3. The van der Waals surface area contributed by atoms with Gasteiger partial charge >= 0.3 is 5.97 Å². The summed E-state index contributed by atoms with van der Waals surface area (Å²) in [6.07, 6.45) is 0. The molecular formula is C15H23NO2. The first-order valence-corrected chi connectivity index (χ1v) is 6.50. The fraction of sp³-hybridized carbons (Fsp3) is 0.533. The molecule has 0 radical (unpaired) electrons. The van der Waals surface area contributed by atoms with Gasteiger partial charge in [-0.3, -0.25) is 4.90 Å². The van der Waals surface area contributed by atoms with Crippen LogP contribution in [0.3, 0.4) is 0 Å². The first-order valence-electron chi connectivity index (χ1n) is 6.50. The van der Waals surface area contributed by atoms with Gasteiger partial charge in [0.15, 0.2) is 0 Å². The van der Waals surface area contributed by atoms with E-state index in [4.69, 9.17) is 4.74 Å². The third-order valence-electron chi connectivity index (χ3n) is 2.92. The van der Waals surface area contributed by atoms with E-state index in [1.165, 1.54) is 0 Å². The van der Waals surface area contributed by atoms with Crippen LogP contribution in [0.25, 0.3) is 0 Å². The van der Waals surface area contributed by atoms with Gasteiger partial charge in [0.25, 0.3) is 0 Å². The third-order valence-corrected chi connectivity index (χ3v) is 2.92. The van der Waals surface area contributed by atoms with Crippen molar-refractivity contribution >= 4 is 5.97 Å². The zero-order valence-electron chi connectivity index (χ0n) is 11.7. The van der Waals surface area contributed by atoms with Crippen molar-refractivity contribution in [2.75, 3.05) is 13.2 Å². The Morgan fingerprint density at radius 1 is 1.11 bits per heavy atom. The maximum Gasteiger partial charge on any atom is 0.338 e. The van der Waals surface area contributed by atoms with Gasteiger partial charge in [-0.1, -0.05) is 18.2 Å². The molecule has 3 heteroatoms. The second-order valence-corrected chi connectivity index (χ2v) is 4.93. The summed E-state index contributed by atoms with van der Waals surface area (Å²) in [5, 5.41) is 0. The first kappa shape index (κ1) is 14.7. The normalized spacial score (nSPS) is 11.3. The average Bonchev–Trinajstić information content (AvgIpc) is 2.34. The van der Waals surface area contributed by atoms with Crippen LogP contribution in [-0.2, 0) is 4.74 Å². The van der Waals surface area contributed by atoms with Crippen molar-refractivity contribution in [2.24, 2.45) is 0 Å². The molecule has 0 fully saturated rings. The predicted octanol–water partition coefficient (Wildman–Crippen LogP) is 2.96. The minimum Gasteiger partial charge on any atom is -0.461 e. The van der Waals surface area contributed by atoms with E-state index >= 15 is 0 Å². The molecule has 0 heterocycles. The number of carbonyl (C=O) groups excluding carboxylic acids is 1. The van der Waals surface area contributed by atoms with E-state index in [2.05, 4.69) is 32.6 Å². The quantitative estimate of drug-likeness (QED) is 0.726. The SMILES string of the molecule is CC(C)N(CCOC(=O)c1ccccc1)C(C)C. The highest BCUT2D eigenvalue weighted by Gasteiger charge is 2.14. The Labute approximate surface area is 110 Å². The number of nitrogens with zero attached hydrogens (tertiary/aromatic N) is 1. The molecule has 0 atom stereocenters. The summed E-state index contributed by atoms with van der Waals surface area (Å²) in [7, 11) is 0. The molecule has 0 aliphatic rings. The van der Waals surface area contributed by atoms with Gasteiger partial charge < -0.3 is 4.74 Å². The summed E-state index contributed by atoms with van der Waals surface area (Å²) in [6.45, 7) is 9.81. The van der Waals surface area contributed by atoms with Crippen molar-refractivity contribution in [1.29, 1.82) is 0 Å². The molecule has 0 saturated heterocycles. The standard InChI is InChI=1S/C15H23NO2/c1-12(2)16(13(3)4)10-11-18-15(17)14-8-6-5-7-9-14/h5-9,12-13H,10-11H2,1-4H3. The van der Waals surface area contributed by atoms with Crippen molar-refractivity contribution in [3.8, 4) is 0 Å². The molecule has 0 aromatic heterocycles. The zero-order valence-corrected chi connectivity index (χ0v) is 11.7. The first-order chi connectivity index (χ1) is 8.52. The van der Waals surface area contributed by atoms with Gasteiger partial charge in [-0.15, -0.1) is 0 Å². The van der Waals surface area contributed by atoms with E-state index in [1.807, 2.05) is 18.2 Å². The molecule has 1 aromatic carbocycles. The summed E-state index contributed by atoms with van der Waals surface area (Å²) in [6, 6.07) is 10.0. The van der Waals surface area contributed by atoms with Crippen LogP contribution in [0.5, 0.6) is 0 Å². The van der Waals surface area contributed by atoms with E-state index in [0.29, 0.717) is 24.3 Å². The fourth-order valence-electron chi connectivity index (χ4n) is 2.01. The molecule has 18 heavy (non-hydrogen) atoms. The second-order valence-electron chi connectivity index (χ2n) is 4.93. The Morgan fingerprint density at radius 2 is 1.67 bits per heavy atom. The van der Waals surface area contributed by atoms with Crippen LogP contribution in [-0.4, -0.2) is 36.1 Å². The molecule has 3 nitrogen and oxygen atoms in total. The van der Waals surface area contributed by atoms with E-state index in [9.17, 15) is 4.79 Å². The molecule has 0 unspecified atom stereocenters. The van der Waals surface area contributed by atoms with Crippen LogP contribution in [0.4, 0.5) is 0 Å². The molecule has 0 N–H and O–H groups in total. The van der Waals surface area contributed by atoms with Crippen LogP contribution < -0.4 is 0 Å².